The molecule has 0 fully saturated rings. The number of aromatic nitrogens is 6. The summed E-state index contributed by atoms with van der Waals surface area (Å²) in [5.41, 5.74) is 9.18. The number of rotatable bonds is 6. The molecule has 8 aromatic carbocycles. The standard InChI is InChI=1S/C54H34GeN6/c1-5-15-35(16-6-1)55(36-17-7-2-8-18-36,37-27-29-49-45(31-37)41-23-13-25-43-47-33-56-60(39-19-9-3-10-20-39)53(47)58(49)51(41)43)38-28-30-50-46(32-38)42-24-14-26-44-48-34-57-61(40-21-11-4-12-22-40)54(48)59(50)52(42)44/h1-34H. The van der Waals surface area contributed by atoms with Crippen LogP contribution in [-0.4, -0.2) is 41.6 Å². The molecule has 0 unspecified atom stereocenters. The van der Waals surface area contributed by atoms with Gasteiger partial charge in [0.2, 0.25) is 0 Å². The summed E-state index contributed by atoms with van der Waals surface area (Å²) in [6.07, 6.45) is 4.06. The first kappa shape index (κ1) is 33.2. The van der Waals surface area contributed by atoms with Gasteiger partial charge in [0.05, 0.1) is 0 Å². The van der Waals surface area contributed by atoms with Crippen molar-refractivity contribution in [3.8, 4) is 11.4 Å². The number of para-hydroxylation sites is 4. The van der Waals surface area contributed by atoms with Gasteiger partial charge in [-0.3, -0.25) is 0 Å². The number of fused-ring (bicyclic) bond motifs is 12. The zero-order valence-electron chi connectivity index (χ0n) is 32.8. The molecule has 0 N–H and O–H groups in total. The fraction of sp³-hybridized carbons (Fsp3) is 0. The van der Waals surface area contributed by atoms with Crippen molar-refractivity contribution < 1.29 is 0 Å². The van der Waals surface area contributed by atoms with Crippen LogP contribution in [0.2, 0.25) is 0 Å². The molecule has 0 spiro atoms. The van der Waals surface area contributed by atoms with E-state index in [1.165, 1.54) is 82.7 Å². The molecule has 0 aliphatic rings. The molecular formula is C54H34GeN6. The van der Waals surface area contributed by atoms with Crippen molar-refractivity contribution in [2.75, 3.05) is 0 Å². The van der Waals surface area contributed by atoms with Crippen molar-refractivity contribution in [1.82, 2.24) is 28.4 Å². The maximum absolute atomic E-state index is 4.94. The second-order valence-corrected chi connectivity index (χ2v) is 24.3. The second kappa shape index (κ2) is 12.2. The van der Waals surface area contributed by atoms with E-state index in [1.54, 1.807) is 0 Å². The summed E-state index contributed by atoms with van der Waals surface area (Å²) in [5.74, 6) is 0. The molecule has 14 aromatic rings. The Morgan fingerprint density at radius 2 is 0.689 bits per heavy atom. The second-order valence-electron chi connectivity index (χ2n) is 16.3. The van der Waals surface area contributed by atoms with E-state index in [9.17, 15) is 0 Å². The van der Waals surface area contributed by atoms with Gasteiger partial charge >= 0.3 is 354 Å². The topological polar surface area (TPSA) is 44.5 Å². The third-order valence-corrected chi connectivity index (χ3v) is 23.3. The normalized spacial score (nSPS) is 12.6. The molecule has 0 atom stereocenters. The predicted molar refractivity (Wildman–Crippen MR) is 254 cm³/mol. The molecule has 0 radical (unpaired) electrons. The van der Waals surface area contributed by atoms with E-state index in [-0.39, 0.29) is 0 Å². The molecule has 0 saturated heterocycles. The van der Waals surface area contributed by atoms with Crippen molar-refractivity contribution in [3.63, 3.8) is 0 Å². The molecule has 61 heavy (non-hydrogen) atoms. The van der Waals surface area contributed by atoms with Gasteiger partial charge in [0, 0.05) is 0 Å². The molecule has 7 heteroatoms. The Bertz CT molecular complexity index is 3710. The fourth-order valence-electron chi connectivity index (χ4n) is 10.9. The summed E-state index contributed by atoms with van der Waals surface area (Å²) in [5, 5.41) is 19.7. The predicted octanol–water partition coefficient (Wildman–Crippen LogP) is 9.74. The van der Waals surface area contributed by atoms with E-state index in [0.29, 0.717) is 0 Å². The summed E-state index contributed by atoms with van der Waals surface area (Å²) >= 11 is -3.79. The molecule has 6 nitrogen and oxygen atoms in total. The van der Waals surface area contributed by atoms with Crippen LogP contribution < -0.4 is 17.6 Å². The van der Waals surface area contributed by atoms with Crippen LogP contribution in [0, 0.1) is 0 Å². The van der Waals surface area contributed by atoms with Crippen molar-refractivity contribution in [2.24, 2.45) is 0 Å². The Hall–Kier alpha value is -7.68. The number of hydrogen-bond donors (Lipinski definition) is 0. The van der Waals surface area contributed by atoms with E-state index >= 15 is 0 Å². The van der Waals surface area contributed by atoms with E-state index < -0.39 is 13.3 Å². The summed E-state index contributed by atoms with van der Waals surface area (Å²) in [4.78, 5) is 0. The Balaban J connectivity index is 1.08. The number of benzene rings is 8. The van der Waals surface area contributed by atoms with Gasteiger partial charge in [-0.25, -0.2) is 0 Å². The van der Waals surface area contributed by atoms with Crippen LogP contribution in [0.4, 0.5) is 0 Å². The Morgan fingerprint density at radius 3 is 1.10 bits per heavy atom. The average Bonchev–Trinajstić information content (AvgIpc) is 4.18. The monoisotopic (exact) mass is 840 g/mol. The van der Waals surface area contributed by atoms with Gasteiger partial charge in [0.25, 0.3) is 0 Å². The van der Waals surface area contributed by atoms with Crippen LogP contribution in [0.25, 0.3) is 87.8 Å². The van der Waals surface area contributed by atoms with Crippen LogP contribution in [0.15, 0.2) is 207 Å². The third-order valence-electron chi connectivity index (χ3n) is 13.3. The number of hydrogen-bond acceptors (Lipinski definition) is 2. The van der Waals surface area contributed by atoms with Crippen molar-refractivity contribution in [3.05, 3.63) is 207 Å². The van der Waals surface area contributed by atoms with Gasteiger partial charge in [0.1, 0.15) is 0 Å². The van der Waals surface area contributed by atoms with Gasteiger partial charge in [-0.05, 0) is 0 Å². The Labute approximate surface area is 351 Å². The summed E-state index contributed by atoms with van der Waals surface area (Å²) in [7, 11) is 0. The van der Waals surface area contributed by atoms with E-state index in [4.69, 9.17) is 10.2 Å². The molecule has 0 aliphatic heterocycles. The maximum atomic E-state index is 4.94. The SMILES string of the molecule is c1ccc(-n2ncc3c4cccc5c6c[c]([Ge]([c]7ccccc7)([c]7ccccc7)[c]7ccc8c(c7)c7cccc9c%10cnn(-c%11ccccc%11)c%10n8c79)ccc6n(c54)c32)cc1. The van der Waals surface area contributed by atoms with E-state index in [1.807, 2.05) is 12.4 Å². The van der Waals surface area contributed by atoms with Gasteiger partial charge in [0.15, 0.2) is 0 Å². The summed E-state index contributed by atoms with van der Waals surface area (Å²) in [6, 6.07) is 72.0. The summed E-state index contributed by atoms with van der Waals surface area (Å²) in [6.45, 7) is 0. The van der Waals surface area contributed by atoms with Crippen LogP contribution >= 0.6 is 0 Å². The molecular weight excluding hydrogens is 805 g/mol. The molecule has 14 rings (SSSR count). The summed E-state index contributed by atoms with van der Waals surface area (Å²) < 4.78 is 14.7. The first-order valence-corrected chi connectivity index (χ1v) is 25.0. The van der Waals surface area contributed by atoms with Gasteiger partial charge in [-0.2, -0.15) is 0 Å². The fourth-order valence-corrected chi connectivity index (χ4v) is 20.9. The van der Waals surface area contributed by atoms with Crippen LogP contribution in [-0.2, 0) is 0 Å². The van der Waals surface area contributed by atoms with Crippen LogP contribution in [0.5, 0.6) is 0 Å². The van der Waals surface area contributed by atoms with Crippen molar-refractivity contribution in [2.45, 2.75) is 0 Å². The molecule has 0 bridgehead atoms. The molecule has 0 saturated carbocycles. The van der Waals surface area contributed by atoms with Gasteiger partial charge < -0.3 is 0 Å². The van der Waals surface area contributed by atoms with E-state index in [0.717, 1.165) is 22.7 Å². The Morgan fingerprint density at radius 1 is 0.311 bits per heavy atom. The minimum absolute atomic E-state index is 1.05. The molecule has 6 aromatic heterocycles. The van der Waals surface area contributed by atoms with Gasteiger partial charge in [-0.15, -0.1) is 0 Å². The first-order chi connectivity index (χ1) is 30.3. The zero-order chi connectivity index (χ0) is 39.8. The van der Waals surface area contributed by atoms with E-state index in [2.05, 4.69) is 212 Å². The molecule has 284 valence electrons. The molecule has 6 heterocycles. The minimum atomic E-state index is -3.79. The molecule has 0 amide bonds. The van der Waals surface area contributed by atoms with Crippen LogP contribution in [0.3, 0.4) is 0 Å². The number of nitrogens with zero attached hydrogens (tertiary/aromatic N) is 6. The van der Waals surface area contributed by atoms with Gasteiger partial charge in [-0.1, -0.05) is 0 Å². The average molecular weight is 840 g/mol. The Kier molecular flexibility index (Phi) is 6.63. The first-order valence-electron chi connectivity index (χ1n) is 20.8. The van der Waals surface area contributed by atoms with Crippen LogP contribution in [0.1, 0.15) is 0 Å². The zero-order valence-corrected chi connectivity index (χ0v) is 34.9. The molecule has 0 aliphatic carbocycles. The quantitative estimate of drug-likeness (QED) is 0.157. The van der Waals surface area contributed by atoms with Crippen molar-refractivity contribution in [1.29, 1.82) is 0 Å². The third kappa shape index (κ3) is 4.26. The van der Waals surface area contributed by atoms with Crippen molar-refractivity contribution >= 4 is 107 Å².